The Hall–Kier alpha value is -1.34. The molecule has 0 saturated carbocycles. The normalized spacial score (nSPS) is 10.9. The molecule has 0 fully saturated rings. The zero-order valence-electron chi connectivity index (χ0n) is 13.1. The van der Waals surface area contributed by atoms with Gasteiger partial charge in [-0.1, -0.05) is 18.2 Å². The van der Waals surface area contributed by atoms with Crippen LogP contribution < -0.4 is 16.0 Å². The lowest BCUT2D eigenvalue weighted by molar-refractivity contribution is 0.0947. The van der Waals surface area contributed by atoms with Crippen molar-refractivity contribution in [3.8, 4) is 0 Å². The number of carbonyl (C=O) groups is 1. The number of anilines is 1. The van der Waals surface area contributed by atoms with Gasteiger partial charge in [0.1, 0.15) is 10.7 Å². The first-order valence-corrected chi connectivity index (χ1v) is 7.70. The molecule has 1 heterocycles. The van der Waals surface area contributed by atoms with Crippen molar-refractivity contribution in [2.75, 3.05) is 18.5 Å². The second-order valence-electron chi connectivity index (χ2n) is 4.84. The summed E-state index contributed by atoms with van der Waals surface area (Å²) < 4.78 is 0. The number of hydrogen-bond donors (Lipinski definition) is 2. The fourth-order valence-electron chi connectivity index (χ4n) is 1.89. The molecular formula is C15H22Cl2N4OS. The molecule has 0 aliphatic heterocycles. The molecule has 1 amide bonds. The van der Waals surface area contributed by atoms with Crippen molar-refractivity contribution in [3.05, 3.63) is 46.4 Å². The van der Waals surface area contributed by atoms with E-state index in [0.717, 1.165) is 10.7 Å². The lowest BCUT2D eigenvalue weighted by Crippen LogP contribution is -2.40. The van der Waals surface area contributed by atoms with E-state index in [1.165, 1.54) is 11.3 Å². The quantitative estimate of drug-likeness (QED) is 0.812. The first kappa shape index (κ1) is 21.7. The SMILES string of the molecule is CC(CNC(=O)c1csc(CN)n1)N(C)c1ccccc1.Cl.Cl. The summed E-state index contributed by atoms with van der Waals surface area (Å²) in [5.41, 5.74) is 7.06. The average Bonchev–Trinajstić information content (AvgIpc) is 3.01. The van der Waals surface area contributed by atoms with Crippen molar-refractivity contribution < 1.29 is 4.79 Å². The highest BCUT2D eigenvalue weighted by molar-refractivity contribution is 7.09. The van der Waals surface area contributed by atoms with Crippen LogP contribution in [0.3, 0.4) is 0 Å². The van der Waals surface area contributed by atoms with Crippen LogP contribution >= 0.6 is 36.2 Å². The van der Waals surface area contributed by atoms with Gasteiger partial charge in [-0.3, -0.25) is 4.79 Å². The Kier molecular flexibility index (Phi) is 9.83. The van der Waals surface area contributed by atoms with Gasteiger partial charge in [0, 0.05) is 37.2 Å². The maximum Gasteiger partial charge on any atom is 0.270 e. The summed E-state index contributed by atoms with van der Waals surface area (Å²) >= 11 is 1.41. The van der Waals surface area contributed by atoms with Gasteiger partial charge in [0.25, 0.3) is 5.91 Å². The first-order valence-electron chi connectivity index (χ1n) is 6.82. The van der Waals surface area contributed by atoms with Gasteiger partial charge >= 0.3 is 0 Å². The van der Waals surface area contributed by atoms with E-state index < -0.39 is 0 Å². The third kappa shape index (κ3) is 5.99. The largest absolute Gasteiger partial charge is 0.370 e. The Morgan fingerprint density at radius 1 is 1.35 bits per heavy atom. The van der Waals surface area contributed by atoms with E-state index in [1.807, 2.05) is 37.4 Å². The number of amides is 1. The fourth-order valence-corrected chi connectivity index (χ4v) is 2.55. The maximum atomic E-state index is 12.0. The summed E-state index contributed by atoms with van der Waals surface area (Å²) in [5.74, 6) is -0.153. The van der Waals surface area contributed by atoms with Crippen molar-refractivity contribution in [1.82, 2.24) is 10.3 Å². The lowest BCUT2D eigenvalue weighted by atomic mass is 10.2. The van der Waals surface area contributed by atoms with Crippen molar-refractivity contribution >= 4 is 47.7 Å². The van der Waals surface area contributed by atoms with E-state index in [-0.39, 0.29) is 36.8 Å². The summed E-state index contributed by atoms with van der Waals surface area (Å²) in [4.78, 5) is 18.3. The Balaban J connectivity index is 0.00000242. The van der Waals surface area contributed by atoms with Gasteiger partial charge in [-0.15, -0.1) is 36.2 Å². The number of nitrogens with one attached hydrogen (secondary N) is 1. The molecule has 5 nitrogen and oxygen atoms in total. The van der Waals surface area contributed by atoms with Gasteiger partial charge in [-0.05, 0) is 19.1 Å². The van der Waals surface area contributed by atoms with Crippen LogP contribution in [-0.4, -0.2) is 30.5 Å². The number of nitrogens with two attached hydrogens (primary N) is 1. The molecule has 1 aromatic carbocycles. The number of likely N-dealkylation sites (N-methyl/N-ethyl adjacent to an activating group) is 1. The number of hydrogen-bond acceptors (Lipinski definition) is 5. The maximum absolute atomic E-state index is 12.0. The van der Waals surface area contributed by atoms with Crippen molar-refractivity contribution in [2.24, 2.45) is 5.73 Å². The van der Waals surface area contributed by atoms with Crippen molar-refractivity contribution in [1.29, 1.82) is 0 Å². The van der Waals surface area contributed by atoms with Crippen LogP contribution in [0.15, 0.2) is 35.7 Å². The topological polar surface area (TPSA) is 71.2 Å². The number of rotatable bonds is 6. The van der Waals surface area contributed by atoms with Crippen LogP contribution in [0.2, 0.25) is 0 Å². The van der Waals surface area contributed by atoms with Crippen LogP contribution in [0.5, 0.6) is 0 Å². The van der Waals surface area contributed by atoms with Gasteiger partial charge < -0.3 is 16.0 Å². The van der Waals surface area contributed by atoms with Crippen molar-refractivity contribution in [3.63, 3.8) is 0 Å². The number of nitrogens with zero attached hydrogens (tertiary/aromatic N) is 2. The molecule has 1 unspecified atom stereocenters. The zero-order chi connectivity index (χ0) is 15.2. The van der Waals surface area contributed by atoms with E-state index in [2.05, 4.69) is 22.1 Å². The summed E-state index contributed by atoms with van der Waals surface area (Å²) in [5, 5.41) is 5.42. The number of thiazole rings is 1. The molecule has 128 valence electrons. The minimum atomic E-state index is -0.153. The summed E-state index contributed by atoms with van der Waals surface area (Å²) in [7, 11) is 2.02. The molecule has 0 aliphatic rings. The summed E-state index contributed by atoms with van der Waals surface area (Å²) in [6, 6.07) is 10.3. The molecule has 23 heavy (non-hydrogen) atoms. The highest BCUT2D eigenvalue weighted by atomic mass is 35.5. The first-order chi connectivity index (χ1) is 10.1. The minimum Gasteiger partial charge on any atom is -0.370 e. The third-order valence-corrected chi connectivity index (χ3v) is 4.21. The molecule has 1 atom stereocenters. The monoisotopic (exact) mass is 376 g/mol. The second kappa shape index (κ2) is 10.4. The Labute approximate surface area is 153 Å². The summed E-state index contributed by atoms with van der Waals surface area (Å²) in [6.45, 7) is 2.99. The molecule has 3 N–H and O–H groups in total. The highest BCUT2D eigenvalue weighted by Crippen LogP contribution is 2.14. The smallest absolute Gasteiger partial charge is 0.270 e. The molecule has 0 bridgehead atoms. The number of benzene rings is 1. The lowest BCUT2D eigenvalue weighted by Gasteiger charge is -2.27. The number of halogens is 2. The molecule has 8 heteroatoms. The Morgan fingerprint density at radius 2 is 2.00 bits per heavy atom. The van der Waals surface area contributed by atoms with Crippen LogP contribution in [0.4, 0.5) is 5.69 Å². The van der Waals surface area contributed by atoms with Gasteiger partial charge in [0.15, 0.2) is 0 Å². The van der Waals surface area contributed by atoms with Crippen LogP contribution in [-0.2, 0) is 6.54 Å². The molecule has 0 spiro atoms. The number of aromatic nitrogens is 1. The average molecular weight is 377 g/mol. The van der Waals surface area contributed by atoms with E-state index in [4.69, 9.17) is 5.73 Å². The van der Waals surface area contributed by atoms with Gasteiger partial charge in [-0.25, -0.2) is 4.98 Å². The molecule has 0 saturated heterocycles. The predicted octanol–water partition coefficient (Wildman–Crippen LogP) is 2.70. The van der Waals surface area contributed by atoms with E-state index in [1.54, 1.807) is 5.38 Å². The molecule has 2 aromatic rings. The molecule has 2 rings (SSSR count). The molecule has 1 aromatic heterocycles. The highest BCUT2D eigenvalue weighted by Gasteiger charge is 2.14. The fraction of sp³-hybridized carbons (Fsp3) is 0.333. The molecular weight excluding hydrogens is 355 g/mol. The van der Waals surface area contributed by atoms with Crippen LogP contribution in [0.25, 0.3) is 0 Å². The van der Waals surface area contributed by atoms with Crippen LogP contribution in [0, 0.1) is 0 Å². The summed E-state index contributed by atoms with van der Waals surface area (Å²) in [6.07, 6.45) is 0. The second-order valence-corrected chi connectivity index (χ2v) is 5.78. The van der Waals surface area contributed by atoms with Gasteiger partial charge in [-0.2, -0.15) is 0 Å². The number of para-hydroxylation sites is 1. The third-order valence-electron chi connectivity index (χ3n) is 3.34. The van der Waals surface area contributed by atoms with Gasteiger partial charge in [0.05, 0.1) is 0 Å². The number of carbonyl (C=O) groups excluding carboxylic acids is 1. The Bertz CT molecular complexity index is 594. The van der Waals surface area contributed by atoms with Crippen molar-refractivity contribution in [2.45, 2.75) is 19.5 Å². The van der Waals surface area contributed by atoms with E-state index in [0.29, 0.717) is 18.8 Å². The predicted molar refractivity (Wildman–Crippen MR) is 101 cm³/mol. The standard InChI is InChI=1S/C15H20N4OS.2ClH/c1-11(19(2)12-6-4-3-5-7-12)9-17-15(20)13-10-21-14(8-16)18-13;;/h3-7,10-11H,8-9,16H2,1-2H3,(H,17,20);2*1H. The molecule has 0 aliphatic carbocycles. The minimum absolute atomic E-state index is 0. The van der Waals surface area contributed by atoms with E-state index >= 15 is 0 Å². The Morgan fingerprint density at radius 3 is 2.57 bits per heavy atom. The van der Waals surface area contributed by atoms with Crippen LogP contribution in [0.1, 0.15) is 22.4 Å². The van der Waals surface area contributed by atoms with E-state index in [9.17, 15) is 4.79 Å². The van der Waals surface area contributed by atoms with Gasteiger partial charge in [0.2, 0.25) is 0 Å². The molecule has 0 radical (unpaired) electrons. The zero-order valence-corrected chi connectivity index (χ0v) is 15.5.